The molecule has 2 N–H and O–H groups in total. The van der Waals surface area contributed by atoms with Crippen molar-refractivity contribution in [2.45, 2.75) is 19.3 Å². The van der Waals surface area contributed by atoms with Crippen molar-refractivity contribution in [3.63, 3.8) is 0 Å². The summed E-state index contributed by atoms with van der Waals surface area (Å²) < 4.78 is 5.72. The van der Waals surface area contributed by atoms with Gasteiger partial charge in [0.15, 0.2) is 0 Å². The lowest BCUT2D eigenvalue weighted by Crippen LogP contribution is -2.20. The lowest BCUT2D eigenvalue weighted by Gasteiger charge is -2.15. The molecule has 1 aliphatic carbocycles. The lowest BCUT2D eigenvalue weighted by atomic mass is 10.0. The first-order chi connectivity index (χ1) is 7.60. The highest BCUT2D eigenvalue weighted by Gasteiger charge is 2.43. The van der Waals surface area contributed by atoms with Gasteiger partial charge in [0.2, 0.25) is 0 Å². The zero-order valence-electron chi connectivity index (χ0n) is 8.91. The molecule has 0 aromatic heterocycles. The van der Waals surface area contributed by atoms with Gasteiger partial charge >= 0.3 is 0 Å². The van der Waals surface area contributed by atoms with Crippen molar-refractivity contribution in [1.82, 2.24) is 0 Å². The molecule has 0 bridgehead atoms. The molecule has 0 radical (unpaired) electrons. The third-order valence-electron chi connectivity index (χ3n) is 2.86. The second kappa shape index (κ2) is 4.60. The highest BCUT2D eigenvalue weighted by Crippen LogP contribution is 2.49. The number of nitrogens with two attached hydrogens (primary N) is 1. The van der Waals surface area contributed by atoms with Crippen molar-refractivity contribution in [3.05, 3.63) is 29.3 Å². The highest BCUT2D eigenvalue weighted by molar-refractivity contribution is 7.80. The first-order valence-electron chi connectivity index (χ1n) is 5.26. The van der Waals surface area contributed by atoms with E-state index in [0.29, 0.717) is 11.6 Å². The van der Waals surface area contributed by atoms with Gasteiger partial charge < -0.3 is 10.5 Å². The largest absolute Gasteiger partial charge is 0.493 e. The van der Waals surface area contributed by atoms with E-state index in [2.05, 4.69) is 0 Å². The molecule has 1 saturated carbocycles. The van der Waals surface area contributed by atoms with Crippen molar-refractivity contribution < 1.29 is 4.74 Å². The number of ether oxygens (including phenoxy) is 1. The Morgan fingerprint density at radius 2 is 2.00 bits per heavy atom. The van der Waals surface area contributed by atoms with Crippen LogP contribution in [0.25, 0.3) is 0 Å². The second-order valence-corrected chi connectivity index (χ2v) is 5.35. The Morgan fingerprint density at radius 3 is 2.50 bits per heavy atom. The molecule has 0 unspecified atom stereocenters. The molecule has 0 atom stereocenters. The fraction of sp³-hybridized carbons (Fsp3) is 0.417. The summed E-state index contributed by atoms with van der Waals surface area (Å²) in [6.45, 7) is 0.686. The van der Waals surface area contributed by atoms with Gasteiger partial charge in [0, 0.05) is 16.9 Å². The van der Waals surface area contributed by atoms with Crippen LogP contribution in [0.15, 0.2) is 24.3 Å². The monoisotopic (exact) mass is 255 g/mol. The maximum atomic E-state index is 5.79. The van der Waals surface area contributed by atoms with E-state index in [0.717, 1.165) is 30.0 Å². The first-order valence-corrected chi connectivity index (χ1v) is 6.05. The van der Waals surface area contributed by atoms with E-state index < -0.39 is 0 Å². The summed E-state index contributed by atoms with van der Waals surface area (Å²) in [6.07, 6.45) is 3.09. The van der Waals surface area contributed by atoms with Crippen LogP contribution in [-0.2, 0) is 0 Å². The normalized spacial score (nSPS) is 16.8. The Bertz CT molecular complexity index is 387. The van der Waals surface area contributed by atoms with Crippen molar-refractivity contribution in [2.24, 2.45) is 11.1 Å². The lowest BCUT2D eigenvalue weighted by molar-refractivity contribution is 0.239. The fourth-order valence-corrected chi connectivity index (χ4v) is 2.12. The third kappa shape index (κ3) is 3.09. The van der Waals surface area contributed by atoms with E-state index in [1.165, 1.54) is 0 Å². The molecule has 1 fully saturated rings. The Kier molecular flexibility index (Phi) is 3.36. The number of hydrogen-bond donors (Lipinski definition) is 1. The Morgan fingerprint density at radius 1 is 1.38 bits per heavy atom. The number of hydrogen-bond acceptors (Lipinski definition) is 2. The highest BCUT2D eigenvalue weighted by atomic mass is 35.5. The molecule has 0 heterocycles. The maximum Gasteiger partial charge on any atom is 0.119 e. The van der Waals surface area contributed by atoms with Gasteiger partial charge in [-0.1, -0.05) is 23.8 Å². The average Bonchev–Trinajstić information content (AvgIpc) is 2.97. The Balaban J connectivity index is 1.87. The van der Waals surface area contributed by atoms with Crippen LogP contribution in [0.5, 0.6) is 5.75 Å². The van der Waals surface area contributed by atoms with Gasteiger partial charge in [-0.25, -0.2) is 0 Å². The van der Waals surface area contributed by atoms with Crippen molar-refractivity contribution in [3.8, 4) is 5.75 Å². The van der Waals surface area contributed by atoms with E-state index in [-0.39, 0.29) is 5.41 Å². The summed E-state index contributed by atoms with van der Waals surface area (Å²) in [6, 6.07) is 7.40. The summed E-state index contributed by atoms with van der Waals surface area (Å²) >= 11 is 10.7. The zero-order valence-corrected chi connectivity index (χ0v) is 10.5. The molecule has 0 aliphatic heterocycles. The Hall–Kier alpha value is -0.800. The van der Waals surface area contributed by atoms with Gasteiger partial charge in [0.25, 0.3) is 0 Å². The summed E-state index contributed by atoms with van der Waals surface area (Å²) in [7, 11) is 0. The van der Waals surface area contributed by atoms with Crippen LogP contribution >= 0.6 is 23.8 Å². The van der Waals surface area contributed by atoms with Gasteiger partial charge in [-0.15, -0.1) is 0 Å². The van der Waals surface area contributed by atoms with Crippen LogP contribution < -0.4 is 10.5 Å². The van der Waals surface area contributed by atoms with Gasteiger partial charge in [-0.05, 0) is 37.1 Å². The molecule has 2 nitrogen and oxygen atoms in total. The summed E-state index contributed by atoms with van der Waals surface area (Å²) in [5.41, 5.74) is 5.77. The minimum absolute atomic E-state index is 0.200. The molecule has 0 amide bonds. The van der Waals surface area contributed by atoms with E-state index in [1.54, 1.807) is 0 Å². The van der Waals surface area contributed by atoms with Gasteiger partial charge in [0.05, 0.1) is 11.6 Å². The molecule has 1 aliphatic rings. The molecule has 86 valence electrons. The molecular weight excluding hydrogens is 242 g/mol. The fourth-order valence-electron chi connectivity index (χ4n) is 1.69. The quantitative estimate of drug-likeness (QED) is 0.821. The molecule has 16 heavy (non-hydrogen) atoms. The standard InChI is InChI=1S/C12H14ClNOS/c13-9-1-3-10(4-2-9)15-8-12(5-6-12)7-11(14)16/h1-4H,5-8H2,(H2,14,16). The molecule has 4 heteroatoms. The topological polar surface area (TPSA) is 35.2 Å². The van der Waals surface area contributed by atoms with Crippen molar-refractivity contribution in [1.29, 1.82) is 0 Å². The van der Waals surface area contributed by atoms with Crippen LogP contribution in [0.4, 0.5) is 0 Å². The smallest absolute Gasteiger partial charge is 0.119 e. The number of benzene rings is 1. The number of thiocarbonyl (C=S) groups is 1. The summed E-state index contributed by atoms with van der Waals surface area (Å²) in [5.74, 6) is 0.846. The summed E-state index contributed by atoms with van der Waals surface area (Å²) in [5, 5.41) is 0.719. The molecular formula is C12H14ClNOS. The van der Waals surface area contributed by atoms with Crippen molar-refractivity contribution >= 4 is 28.8 Å². The molecule has 1 aromatic carbocycles. The third-order valence-corrected chi connectivity index (χ3v) is 3.26. The van der Waals surface area contributed by atoms with Crippen LogP contribution in [0.3, 0.4) is 0 Å². The SMILES string of the molecule is NC(=S)CC1(COc2ccc(Cl)cc2)CC1. The maximum absolute atomic E-state index is 5.79. The van der Waals surface area contributed by atoms with E-state index >= 15 is 0 Å². The minimum Gasteiger partial charge on any atom is -0.493 e. The second-order valence-electron chi connectivity index (χ2n) is 4.39. The van der Waals surface area contributed by atoms with Crippen molar-refractivity contribution in [2.75, 3.05) is 6.61 Å². The summed E-state index contributed by atoms with van der Waals surface area (Å²) in [4.78, 5) is 0.581. The predicted octanol–water partition coefficient (Wildman–Crippen LogP) is 3.18. The molecule has 0 spiro atoms. The number of rotatable bonds is 5. The van der Waals surface area contributed by atoms with Crippen LogP contribution in [0, 0.1) is 5.41 Å². The van der Waals surface area contributed by atoms with Gasteiger partial charge in [-0.3, -0.25) is 0 Å². The van der Waals surface area contributed by atoms with Crippen LogP contribution in [-0.4, -0.2) is 11.6 Å². The zero-order chi connectivity index (χ0) is 11.6. The van der Waals surface area contributed by atoms with E-state index in [4.69, 9.17) is 34.3 Å². The van der Waals surface area contributed by atoms with Crippen LogP contribution in [0.1, 0.15) is 19.3 Å². The number of halogens is 1. The molecule has 0 saturated heterocycles. The van der Waals surface area contributed by atoms with Crippen LogP contribution in [0.2, 0.25) is 5.02 Å². The predicted molar refractivity (Wildman–Crippen MR) is 70.0 cm³/mol. The van der Waals surface area contributed by atoms with Gasteiger partial charge in [-0.2, -0.15) is 0 Å². The van der Waals surface area contributed by atoms with E-state index in [1.807, 2.05) is 24.3 Å². The first kappa shape index (κ1) is 11.7. The molecule has 1 aromatic rings. The molecule has 2 rings (SSSR count). The van der Waals surface area contributed by atoms with Gasteiger partial charge in [0.1, 0.15) is 5.75 Å². The van der Waals surface area contributed by atoms with E-state index in [9.17, 15) is 0 Å². The average molecular weight is 256 g/mol. The Labute approximate surface area is 106 Å². The minimum atomic E-state index is 0.200.